The molecular weight excluding hydrogens is 412 g/mol. The lowest BCUT2D eigenvalue weighted by Crippen LogP contribution is -2.58. The molecule has 0 bridgehead atoms. The number of esters is 1. The Labute approximate surface area is 178 Å². The predicted octanol–water partition coefficient (Wildman–Crippen LogP) is 2.02. The van der Waals surface area contributed by atoms with Crippen LogP contribution in [0.5, 0.6) is 5.75 Å². The number of halogens is 1. The number of carbonyl (C=O) groups excluding carboxylic acids is 1. The van der Waals surface area contributed by atoms with Crippen LogP contribution in [0.1, 0.15) is 40.1 Å². The molecule has 1 saturated heterocycles. The average Bonchev–Trinajstić information content (AvgIpc) is 2.74. The van der Waals surface area contributed by atoms with E-state index < -0.39 is 43.1 Å². The highest BCUT2D eigenvalue weighted by atomic mass is 35.5. The van der Waals surface area contributed by atoms with Gasteiger partial charge >= 0.3 is 5.97 Å². The van der Waals surface area contributed by atoms with Crippen molar-refractivity contribution < 1.29 is 34.3 Å². The lowest BCUT2D eigenvalue weighted by molar-refractivity contribution is -0.234. The third-order valence-corrected chi connectivity index (χ3v) is 5.84. The second-order valence-corrected chi connectivity index (χ2v) is 7.82. The summed E-state index contributed by atoms with van der Waals surface area (Å²) in [7, 11) is 0. The van der Waals surface area contributed by atoms with Gasteiger partial charge in [-0.2, -0.15) is 0 Å². The Balaban J connectivity index is 1.67. The first kappa shape index (κ1) is 21.1. The molecule has 2 aromatic carbocycles. The van der Waals surface area contributed by atoms with E-state index in [1.807, 2.05) is 31.2 Å². The fraction of sp³-hybridized carbons (Fsp3) is 0.409. The van der Waals surface area contributed by atoms with Gasteiger partial charge in [0.15, 0.2) is 6.10 Å². The van der Waals surface area contributed by atoms with Crippen molar-refractivity contribution >= 4 is 17.6 Å². The van der Waals surface area contributed by atoms with Crippen molar-refractivity contribution in [1.29, 1.82) is 0 Å². The molecule has 160 valence electrons. The maximum atomic E-state index is 12.5. The lowest BCUT2D eigenvalue weighted by atomic mass is 9.85. The first-order valence-corrected chi connectivity index (χ1v) is 10.2. The molecule has 0 amide bonds. The first-order chi connectivity index (χ1) is 14.4. The zero-order chi connectivity index (χ0) is 21.4. The molecule has 0 unspecified atom stereocenters. The van der Waals surface area contributed by atoms with Gasteiger partial charge in [-0.15, -0.1) is 0 Å². The van der Waals surface area contributed by atoms with E-state index in [2.05, 4.69) is 0 Å². The van der Waals surface area contributed by atoms with Crippen molar-refractivity contribution in [2.75, 3.05) is 13.2 Å². The number of carbonyl (C=O) groups is 1. The van der Waals surface area contributed by atoms with Crippen molar-refractivity contribution in [1.82, 2.24) is 0 Å². The van der Waals surface area contributed by atoms with Gasteiger partial charge in [0.25, 0.3) is 0 Å². The summed E-state index contributed by atoms with van der Waals surface area (Å²) in [6.45, 7) is 2.03. The summed E-state index contributed by atoms with van der Waals surface area (Å²) < 4.78 is 16.6. The van der Waals surface area contributed by atoms with Crippen molar-refractivity contribution in [2.24, 2.45) is 0 Å². The molecule has 7 nitrogen and oxygen atoms in total. The summed E-state index contributed by atoms with van der Waals surface area (Å²) in [4.78, 5) is 12.5. The van der Waals surface area contributed by atoms with Crippen molar-refractivity contribution in [2.45, 2.75) is 43.9 Å². The third-order valence-electron chi connectivity index (χ3n) is 5.48. The summed E-state index contributed by atoms with van der Waals surface area (Å²) in [5, 5.41) is 30.4. The number of aliphatic hydroxyl groups excluding tert-OH is 3. The standard InChI is InChI=1S/C22H23ClO7/c1-2-28-13-5-3-11(4-6-13)7-12-8-14-15(9-16(12)23)22(27)30-21-19(26)18(25)17(10-24)29-20(14)21/h3-6,8-9,17-21,24-26H,2,7,10H2,1H3/t17-,18-,19+,20+,21-/m1/s1. The monoisotopic (exact) mass is 434 g/mol. The van der Waals surface area contributed by atoms with E-state index >= 15 is 0 Å². The van der Waals surface area contributed by atoms with Gasteiger partial charge in [-0.25, -0.2) is 4.79 Å². The molecule has 30 heavy (non-hydrogen) atoms. The zero-order valence-corrected chi connectivity index (χ0v) is 17.1. The molecule has 2 aliphatic heterocycles. The number of aliphatic hydroxyl groups is 3. The molecule has 0 spiro atoms. The molecule has 3 N–H and O–H groups in total. The fourth-order valence-corrected chi connectivity index (χ4v) is 4.16. The maximum Gasteiger partial charge on any atom is 0.339 e. The Kier molecular flexibility index (Phi) is 5.99. The molecule has 2 heterocycles. The molecule has 0 saturated carbocycles. The topological polar surface area (TPSA) is 105 Å². The summed E-state index contributed by atoms with van der Waals surface area (Å²) in [6.07, 6.45) is -5.09. The summed E-state index contributed by atoms with van der Waals surface area (Å²) >= 11 is 6.44. The minimum atomic E-state index is -1.37. The highest BCUT2D eigenvalue weighted by Crippen LogP contribution is 2.41. The highest BCUT2D eigenvalue weighted by molar-refractivity contribution is 6.31. The quantitative estimate of drug-likeness (QED) is 0.618. The number of hydrogen-bond donors (Lipinski definition) is 3. The largest absolute Gasteiger partial charge is 0.494 e. The van der Waals surface area contributed by atoms with E-state index in [0.717, 1.165) is 16.9 Å². The van der Waals surface area contributed by atoms with Crippen LogP contribution in [0, 0.1) is 0 Å². The number of fused-ring (bicyclic) bond motifs is 3. The second-order valence-electron chi connectivity index (χ2n) is 7.41. The molecule has 0 radical (unpaired) electrons. The summed E-state index contributed by atoms with van der Waals surface area (Å²) in [5.41, 5.74) is 2.55. The molecule has 0 aliphatic carbocycles. The van der Waals surface area contributed by atoms with Crippen LogP contribution in [0.25, 0.3) is 0 Å². The van der Waals surface area contributed by atoms with Crippen molar-refractivity contribution in [3.05, 3.63) is 63.7 Å². The van der Waals surface area contributed by atoms with Crippen LogP contribution in [0.2, 0.25) is 5.02 Å². The van der Waals surface area contributed by atoms with E-state index in [9.17, 15) is 20.1 Å². The second kappa shape index (κ2) is 8.53. The van der Waals surface area contributed by atoms with Crippen molar-refractivity contribution in [3.63, 3.8) is 0 Å². The molecule has 2 aliphatic rings. The number of rotatable bonds is 5. The fourth-order valence-electron chi connectivity index (χ4n) is 3.93. The minimum absolute atomic E-state index is 0.247. The Morgan fingerprint density at radius 3 is 2.53 bits per heavy atom. The molecule has 5 atom stereocenters. The highest BCUT2D eigenvalue weighted by Gasteiger charge is 2.50. The minimum Gasteiger partial charge on any atom is -0.494 e. The van der Waals surface area contributed by atoms with E-state index in [1.165, 1.54) is 6.07 Å². The van der Waals surface area contributed by atoms with Crippen molar-refractivity contribution in [3.8, 4) is 5.75 Å². The Morgan fingerprint density at radius 2 is 1.87 bits per heavy atom. The van der Waals surface area contributed by atoms with Crippen LogP contribution in [-0.2, 0) is 15.9 Å². The van der Waals surface area contributed by atoms with Crippen LogP contribution < -0.4 is 4.74 Å². The van der Waals surface area contributed by atoms with Crippen LogP contribution in [0.4, 0.5) is 0 Å². The van der Waals surface area contributed by atoms with E-state index in [-0.39, 0.29) is 5.56 Å². The number of hydrogen-bond acceptors (Lipinski definition) is 7. The molecule has 2 aromatic rings. The normalized spacial score (nSPS) is 27.8. The summed E-state index contributed by atoms with van der Waals surface area (Å²) in [5.74, 6) is 0.139. The van der Waals surface area contributed by atoms with E-state index in [4.69, 9.17) is 25.8 Å². The van der Waals surface area contributed by atoms with Crippen LogP contribution in [0.3, 0.4) is 0 Å². The average molecular weight is 435 g/mol. The number of ether oxygens (including phenoxy) is 3. The van der Waals surface area contributed by atoms with Crippen LogP contribution in [0.15, 0.2) is 36.4 Å². The smallest absolute Gasteiger partial charge is 0.339 e. The SMILES string of the molecule is CCOc1ccc(Cc2cc3c(cc2Cl)C(=O)O[C@@H]2[C@@H](O)[C@H](O)[C@@H](CO)O[C@@H]32)cc1. The molecule has 4 rings (SSSR count). The Hall–Kier alpha value is -2.16. The Bertz CT molecular complexity index is 930. The predicted molar refractivity (Wildman–Crippen MR) is 108 cm³/mol. The molecular formula is C22H23ClO7. The van der Waals surface area contributed by atoms with Gasteiger partial charge < -0.3 is 29.5 Å². The molecule has 1 fully saturated rings. The number of benzene rings is 2. The van der Waals surface area contributed by atoms with Crippen LogP contribution >= 0.6 is 11.6 Å². The van der Waals surface area contributed by atoms with E-state index in [1.54, 1.807) is 6.07 Å². The van der Waals surface area contributed by atoms with Crippen LogP contribution in [-0.4, -0.2) is 58.9 Å². The lowest BCUT2D eigenvalue weighted by Gasteiger charge is -2.44. The van der Waals surface area contributed by atoms with Gasteiger partial charge in [0.05, 0.1) is 18.8 Å². The molecule has 0 aromatic heterocycles. The van der Waals surface area contributed by atoms with Gasteiger partial charge in [0, 0.05) is 5.02 Å². The van der Waals surface area contributed by atoms with Gasteiger partial charge in [-0.3, -0.25) is 0 Å². The summed E-state index contributed by atoms with van der Waals surface area (Å²) in [6, 6.07) is 10.9. The maximum absolute atomic E-state index is 12.5. The first-order valence-electron chi connectivity index (χ1n) is 9.80. The van der Waals surface area contributed by atoms with Gasteiger partial charge in [0.1, 0.15) is 30.2 Å². The zero-order valence-electron chi connectivity index (χ0n) is 16.3. The van der Waals surface area contributed by atoms with Gasteiger partial charge in [-0.1, -0.05) is 29.8 Å². The van der Waals surface area contributed by atoms with E-state index in [0.29, 0.717) is 23.6 Å². The Morgan fingerprint density at radius 1 is 1.13 bits per heavy atom. The third kappa shape index (κ3) is 3.79. The van der Waals surface area contributed by atoms with Gasteiger partial charge in [-0.05, 0) is 48.2 Å². The molecule has 8 heteroatoms. The van der Waals surface area contributed by atoms with Gasteiger partial charge in [0.2, 0.25) is 0 Å².